The van der Waals surface area contributed by atoms with Crippen molar-refractivity contribution in [2.75, 3.05) is 20.5 Å². The molecule has 29 heavy (non-hydrogen) atoms. The summed E-state index contributed by atoms with van der Waals surface area (Å²) in [4.78, 5) is 23.4. The molecule has 2 aromatic carbocycles. The number of primary amides is 1. The summed E-state index contributed by atoms with van der Waals surface area (Å²) in [6.07, 6.45) is 0. The molecule has 2 aromatic rings. The minimum Gasteiger partial charge on any atom is -0.493 e. The molecule has 10 heteroatoms. The average molecular weight is 442 g/mol. The number of hydrogen-bond acceptors (Lipinski definition) is 7. The summed E-state index contributed by atoms with van der Waals surface area (Å²) in [6, 6.07) is 6.13. The van der Waals surface area contributed by atoms with Gasteiger partial charge in [-0.25, -0.2) is 4.79 Å². The Hall–Kier alpha value is -2.68. The van der Waals surface area contributed by atoms with E-state index in [4.69, 9.17) is 52.6 Å². The number of rotatable bonds is 7. The van der Waals surface area contributed by atoms with E-state index in [1.165, 1.54) is 19.2 Å². The lowest BCUT2D eigenvalue weighted by atomic mass is 10.1. The second-order valence-electron chi connectivity index (χ2n) is 5.98. The van der Waals surface area contributed by atoms with Crippen LogP contribution in [0.4, 0.5) is 0 Å². The second-order valence-corrected chi connectivity index (χ2v) is 6.83. The Labute approximate surface area is 176 Å². The second kappa shape index (κ2) is 9.21. The first-order valence-corrected chi connectivity index (χ1v) is 9.12. The molecule has 1 aliphatic rings. The lowest BCUT2D eigenvalue weighted by Crippen LogP contribution is -2.20. The highest BCUT2D eigenvalue weighted by Gasteiger charge is 2.20. The highest BCUT2D eigenvalue weighted by Crippen LogP contribution is 2.37. The molecule has 0 bridgehead atoms. The predicted octanol–water partition coefficient (Wildman–Crippen LogP) is 3.09. The molecule has 154 valence electrons. The van der Waals surface area contributed by atoms with E-state index >= 15 is 0 Å². The zero-order chi connectivity index (χ0) is 21.0. The van der Waals surface area contributed by atoms with Crippen LogP contribution >= 0.6 is 23.2 Å². The number of hydrogen-bond donors (Lipinski definition) is 1. The third kappa shape index (κ3) is 5.03. The van der Waals surface area contributed by atoms with E-state index < -0.39 is 11.9 Å². The molecule has 0 saturated heterocycles. The van der Waals surface area contributed by atoms with E-state index in [2.05, 4.69) is 0 Å². The number of amides is 1. The van der Waals surface area contributed by atoms with Crippen LogP contribution < -0.4 is 19.9 Å². The van der Waals surface area contributed by atoms with Crippen molar-refractivity contribution in [2.24, 2.45) is 5.73 Å². The van der Waals surface area contributed by atoms with Gasteiger partial charge in [0.15, 0.2) is 24.9 Å². The number of ether oxygens (including phenoxy) is 5. The van der Waals surface area contributed by atoms with Gasteiger partial charge in [-0.15, -0.1) is 0 Å². The molecule has 3 rings (SSSR count). The van der Waals surface area contributed by atoms with Gasteiger partial charge in [-0.1, -0.05) is 23.2 Å². The fourth-order valence-electron chi connectivity index (χ4n) is 2.71. The van der Waals surface area contributed by atoms with Crippen molar-refractivity contribution in [3.05, 3.63) is 51.0 Å². The number of carbonyl (C=O) groups is 2. The predicted molar refractivity (Wildman–Crippen MR) is 104 cm³/mol. The fourth-order valence-corrected chi connectivity index (χ4v) is 3.24. The first kappa shape index (κ1) is 21.0. The Balaban J connectivity index is 1.77. The van der Waals surface area contributed by atoms with Crippen LogP contribution in [-0.4, -0.2) is 32.4 Å². The Kier molecular flexibility index (Phi) is 6.68. The molecule has 1 aliphatic heterocycles. The molecule has 0 saturated carbocycles. The minimum atomic E-state index is -0.677. The van der Waals surface area contributed by atoms with Gasteiger partial charge in [-0.05, 0) is 24.3 Å². The van der Waals surface area contributed by atoms with E-state index in [0.29, 0.717) is 22.9 Å². The van der Waals surface area contributed by atoms with Gasteiger partial charge in [-0.3, -0.25) is 4.79 Å². The number of esters is 1. The SMILES string of the molecule is COc1cc(C(=O)OCc2cc(Cl)cc3c2OCOC3)cc(Cl)c1OCC(N)=O. The van der Waals surface area contributed by atoms with Gasteiger partial charge in [0.2, 0.25) is 0 Å². The summed E-state index contributed by atoms with van der Waals surface area (Å²) in [7, 11) is 1.37. The van der Waals surface area contributed by atoms with E-state index in [-0.39, 0.29) is 42.1 Å². The molecular formula is C19H17Cl2NO7. The molecule has 2 N–H and O–H groups in total. The third-order valence-corrected chi connectivity index (χ3v) is 4.43. The summed E-state index contributed by atoms with van der Waals surface area (Å²) in [5.74, 6) is -0.482. The maximum absolute atomic E-state index is 12.5. The van der Waals surface area contributed by atoms with Crippen LogP contribution in [0.2, 0.25) is 10.0 Å². The highest BCUT2D eigenvalue weighted by molar-refractivity contribution is 6.32. The normalized spacial score (nSPS) is 12.5. The fraction of sp³-hybridized carbons (Fsp3) is 0.263. The Morgan fingerprint density at radius 3 is 2.72 bits per heavy atom. The molecule has 0 fully saturated rings. The number of carbonyl (C=O) groups excluding carboxylic acids is 2. The smallest absolute Gasteiger partial charge is 0.338 e. The largest absolute Gasteiger partial charge is 0.493 e. The molecule has 0 atom stereocenters. The monoisotopic (exact) mass is 441 g/mol. The van der Waals surface area contributed by atoms with Gasteiger partial charge in [-0.2, -0.15) is 0 Å². The van der Waals surface area contributed by atoms with Crippen LogP contribution in [0, 0.1) is 0 Å². The van der Waals surface area contributed by atoms with E-state index in [9.17, 15) is 9.59 Å². The van der Waals surface area contributed by atoms with Gasteiger partial charge in [0, 0.05) is 16.1 Å². The van der Waals surface area contributed by atoms with Crippen molar-refractivity contribution in [3.8, 4) is 17.2 Å². The molecule has 0 spiro atoms. The van der Waals surface area contributed by atoms with Gasteiger partial charge in [0.25, 0.3) is 5.91 Å². The van der Waals surface area contributed by atoms with Crippen LogP contribution in [0.5, 0.6) is 17.2 Å². The van der Waals surface area contributed by atoms with Gasteiger partial charge in [0.1, 0.15) is 12.4 Å². The topological polar surface area (TPSA) is 106 Å². The number of fused-ring (bicyclic) bond motifs is 1. The first-order valence-electron chi connectivity index (χ1n) is 8.36. The maximum Gasteiger partial charge on any atom is 0.338 e. The van der Waals surface area contributed by atoms with Crippen molar-refractivity contribution in [2.45, 2.75) is 13.2 Å². The molecule has 0 aromatic heterocycles. The van der Waals surface area contributed by atoms with Crippen molar-refractivity contribution < 1.29 is 33.3 Å². The number of halogens is 2. The van der Waals surface area contributed by atoms with E-state index in [1.54, 1.807) is 12.1 Å². The number of nitrogens with two attached hydrogens (primary N) is 1. The van der Waals surface area contributed by atoms with Crippen LogP contribution in [0.15, 0.2) is 24.3 Å². The van der Waals surface area contributed by atoms with Crippen LogP contribution in [0.3, 0.4) is 0 Å². The Morgan fingerprint density at radius 2 is 2.00 bits per heavy atom. The molecule has 1 amide bonds. The molecule has 0 radical (unpaired) electrons. The molecule has 1 heterocycles. The zero-order valence-electron chi connectivity index (χ0n) is 15.3. The lowest BCUT2D eigenvalue weighted by molar-refractivity contribution is -0.119. The molecular weight excluding hydrogens is 425 g/mol. The first-order chi connectivity index (χ1) is 13.9. The summed E-state index contributed by atoms with van der Waals surface area (Å²) < 4.78 is 26.5. The molecule has 0 aliphatic carbocycles. The Morgan fingerprint density at radius 1 is 1.21 bits per heavy atom. The van der Waals surface area contributed by atoms with Crippen LogP contribution in [-0.2, 0) is 27.5 Å². The number of benzene rings is 2. The zero-order valence-corrected chi connectivity index (χ0v) is 16.8. The standard InChI is InChI=1S/C19H17Cl2NO7/c1-25-15-5-10(4-14(21)18(15)27-8-16(22)23)19(24)28-7-12-3-13(20)2-11-6-26-9-29-17(11)12/h2-5H,6-9H2,1H3,(H2,22,23). The summed E-state index contributed by atoms with van der Waals surface area (Å²) in [5, 5.41) is 0.544. The third-order valence-electron chi connectivity index (χ3n) is 3.93. The maximum atomic E-state index is 12.5. The molecule has 8 nitrogen and oxygen atoms in total. The van der Waals surface area contributed by atoms with E-state index in [1.807, 2.05) is 0 Å². The number of methoxy groups -OCH3 is 1. The lowest BCUT2D eigenvalue weighted by Gasteiger charge is -2.21. The summed E-state index contributed by atoms with van der Waals surface area (Å²) in [6.45, 7) is 0.0105. The quantitative estimate of drug-likeness (QED) is 0.657. The van der Waals surface area contributed by atoms with Crippen molar-refractivity contribution in [3.63, 3.8) is 0 Å². The van der Waals surface area contributed by atoms with Gasteiger partial charge in [0.05, 0.1) is 24.3 Å². The molecule has 0 unspecified atom stereocenters. The van der Waals surface area contributed by atoms with Crippen molar-refractivity contribution >= 4 is 35.1 Å². The highest BCUT2D eigenvalue weighted by atomic mass is 35.5. The summed E-state index contributed by atoms with van der Waals surface area (Å²) in [5.41, 5.74) is 6.59. The van der Waals surface area contributed by atoms with Crippen molar-refractivity contribution in [1.82, 2.24) is 0 Å². The van der Waals surface area contributed by atoms with Crippen LogP contribution in [0.25, 0.3) is 0 Å². The summed E-state index contributed by atoms with van der Waals surface area (Å²) >= 11 is 12.3. The Bertz CT molecular complexity index is 949. The minimum absolute atomic E-state index is 0.0677. The van der Waals surface area contributed by atoms with Crippen LogP contribution in [0.1, 0.15) is 21.5 Å². The van der Waals surface area contributed by atoms with Gasteiger partial charge < -0.3 is 29.4 Å². The van der Waals surface area contributed by atoms with Gasteiger partial charge >= 0.3 is 5.97 Å². The van der Waals surface area contributed by atoms with E-state index in [0.717, 1.165) is 5.56 Å². The average Bonchev–Trinajstić information content (AvgIpc) is 2.69. The van der Waals surface area contributed by atoms with Crippen molar-refractivity contribution in [1.29, 1.82) is 0 Å².